The van der Waals surface area contributed by atoms with Crippen molar-refractivity contribution in [2.24, 2.45) is 0 Å². The maximum atomic E-state index is 3.36. The summed E-state index contributed by atoms with van der Waals surface area (Å²) in [6.07, 6.45) is 0. The summed E-state index contributed by atoms with van der Waals surface area (Å²) in [7, 11) is 0.337. The van der Waals surface area contributed by atoms with E-state index in [4.69, 9.17) is 0 Å². The average Bonchev–Trinajstić information content (AvgIpc) is 2.65. The highest BCUT2D eigenvalue weighted by molar-refractivity contribution is 6.47. The highest BCUT2D eigenvalue weighted by Gasteiger charge is 1.98. The molecule has 0 aliphatic carbocycles. The SMILES string of the molecule is c1ccc2c(c1)ccc1[siH]c[nH]c12. The maximum Gasteiger partial charge on any atom is 0.0526 e. The molecule has 0 radical (unpaired) electrons. The Hall–Kier alpha value is -1.41. The van der Waals surface area contributed by atoms with E-state index in [9.17, 15) is 0 Å². The highest BCUT2D eigenvalue weighted by Crippen LogP contribution is 2.21. The number of rotatable bonds is 0. The van der Waals surface area contributed by atoms with Crippen molar-refractivity contribution in [3.8, 4) is 0 Å². The van der Waals surface area contributed by atoms with E-state index in [1.807, 2.05) is 0 Å². The fraction of sp³-hybridized carbons (Fsp3) is 0. The Bertz CT molecular complexity index is 568. The minimum Gasteiger partial charge on any atom is -0.365 e. The van der Waals surface area contributed by atoms with E-state index in [1.165, 1.54) is 21.3 Å². The van der Waals surface area contributed by atoms with E-state index in [0.29, 0.717) is 9.12 Å². The van der Waals surface area contributed by atoms with Gasteiger partial charge in [-0.3, -0.25) is 0 Å². The number of aromatic nitrogens is 1. The molecule has 0 amide bonds. The number of fused-ring (bicyclic) bond motifs is 3. The van der Waals surface area contributed by atoms with Gasteiger partial charge in [0.15, 0.2) is 0 Å². The zero-order valence-corrected chi connectivity index (χ0v) is 8.27. The third kappa shape index (κ3) is 0.955. The van der Waals surface area contributed by atoms with Crippen LogP contribution in [0, 0.1) is 0 Å². The first-order valence-electron chi connectivity index (χ1n) is 4.40. The van der Waals surface area contributed by atoms with E-state index in [1.54, 1.807) is 0 Å². The molecule has 3 rings (SSSR count). The van der Waals surface area contributed by atoms with Gasteiger partial charge in [0.2, 0.25) is 0 Å². The standard InChI is InChI=1S/C11H9NSi/c1-2-4-9-8(3-1)5-6-10-11(9)12-7-13-10/h1-7,12-13H. The van der Waals surface area contributed by atoms with Crippen molar-refractivity contribution in [1.82, 2.24) is 4.98 Å². The molecule has 1 nitrogen and oxygen atoms in total. The number of benzene rings is 2. The maximum absolute atomic E-state index is 3.36. The lowest BCUT2D eigenvalue weighted by Gasteiger charge is -1.98. The van der Waals surface area contributed by atoms with Crippen molar-refractivity contribution in [3.05, 3.63) is 42.2 Å². The molecule has 3 aromatic rings. The highest BCUT2D eigenvalue weighted by atomic mass is 28.2. The molecule has 2 aromatic carbocycles. The zero-order valence-electron chi connectivity index (χ0n) is 7.12. The van der Waals surface area contributed by atoms with Gasteiger partial charge in [-0.1, -0.05) is 36.4 Å². The molecule has 0 fully saturated rings. The first kappa shape index (κ1) is 7.03. The first-order valence-corrected chi connectivity index (χ1v) is 5.64. The van der Waals surface area contributed by atoms with E-state index >= 15 is 0 Å². The molecule has 1 N–H and O–H groups in total. The van der Waals surface area contributed by atoms with Gasteiger partial charge in [0.25, 0.3) is 0 Å². The second kappa shape index (κ2) is 2.54. The summed E-state index contributed by atoms with van der Waals surface area (Å²) < 4.78 is 0. The van der Waals surface area contributed by atoms with Gasteiger partial charge in [-0.05, 0) is 16.2 Å². The summed E-state index contributed by atoms with van der Waals surface area (Å²) in [5.74, 6) is 2.19. The Morgan fingerprint density at radius 1 is 1.00 bits per heavy atom. The third-order valence-electron chi connectivity index (χ3n) is 2.45. The number of H-pyrrole nitrogens is 1. The van der Waals surface area contributed by atoms with E-state index < -0.39 is 0 Å². The molecule has 0 unspecified atom stereocenters. The molecule has 0 aliphatic rings. The third-order valence-corrected chi connectivity index (χ3v) is 3.63. The molecule has 0 saturated heterocycles. The van der Waals surface area contributed by atoms with Crippen LogP contribution in [0.5, 0.6) is 0 Å². The Labute approximate surface area is 78.1 Å². The normalized spacial score (nSPS) is 11.1. The van der Waals surface area contributed by atoms with Gasteiger partial charge in [0.05, 0.1) is 9.12 Å². The summed E-state index contributed by atoms with van der Waals surface area (Å²) in [6, 6.07) is 13.0. The number of aromatic amines is 1. The molecule has 13 heavy (non-hydrogen) atoms. The van der Waals surface area contributed by atoms with Crippen molar-refractivity contribution >= 4 is 30.4 Å². The Morgan fingerprint density at radius 3 is 2.92 bits per heavy atom. The summed E-state index contributed by atoms with van der Waals surface area (Å²) in [5.41, 5.74) is 1.33. The molecule has 62 valence electrons. The predicted molar refractivity (Wildman–Crippen MR) is 58.5 cm³/mol. The van der Waals surface area contributed by atoms with Crippen LogP contribution in [-0.2, 0) is 0 Å². The minimum atomic E-state index is 0.337. The summed E-state index contributed by atoms with van der Waals surface area (Å²) >= 11 is 0. The van der Waals surface area contributed by atoms with E-state index in [0.717, 1.165) is 0 Å². The lowest BCUT2D eigenvalue weighted by Crippen LogP contribution is -1.74. The van der Waals surface area contributed by atoms with Crippen molar-refractivity contribution in [2.75, 3.05) is 0 Å². The number of nitrogens with one attached hydrogen (secondary N) is 1. The molecule has 0 saturated carbocycles. The molecule has 0 bridgehead atoms. The molecular formula is C11H9NSi. The average molecular weight is 183 g/mol. The number of hydrogen-bond donors (Lipinski definition) is 1. The van der Waals surface area contributed by atoms with Crippen LogP contribution < -0.4 is 0 Å². The first-order chi connectivity index (χ1) is 6.45. The lowest BCUT2D eigenvalue weighted by atomic mass is 10.1. The summed E-state index contributed by atoms with van der Waals surface area (Å²) in [4.78, 5) is 4.84. The quantitative estimate of drug-likeness (QED) is 0.515. The van der Waals surface area contributed by atoms with Gasteiger partial charge >= 0.3 is 0 Å². The summed E-state index contributed by atoms with van der Waals surface area (Å²) in [6.45, 7) is 0. The Morgan fingerprint density at radius 2 is 1.92 bits per heavy atom. The van der Waals surface area contributed by atoms with Crippen molar-refractivity contribution < 1.29 is 0 Å². The zero-order chi connectivity index (χ0) is 8.67. The van der Waals surface area contributed by atoms with Crippen molar-refractivity contribution in [1.29, 1.82) is 0 Å². The van der Waals surface area contributed by atoms with Crippen LogP contribution in [0.25, 0.3) is 21.3 Å². The minimum absolute atomic E-state index is 0.337. The van der Waals surface area contributed by atoms with Gasteiger partial charge in [-0.2, -0.15) is 0 Å². The van der Waals surface area contributed by atoms with Gasteiger partial charge in [0.1, 0.15) is 0 Å². The van der Waals surface area contributed by atoms with E-state index in [-0.39, 0.29) is 0 Å². The van der Waals surface area contributed by atoms with E-state index in [2.05, 4.69) is 47.2 Å². The van der Waals surface area contributed by atoms with Crippen LogP contribution in [-0.4, -0.2) is 14.1 Å². The van der Waals surface area contributed by atoms with Crippen LogP contribution in [0.2, 0.25) is 0 Å². The van der Waals surface area contributed by atoms with Crippen molar-refractivity contribution in [2.45, 2.75) is 0 Å². The fourth-order valence-electron chi connectivity index (χ4n) is 1.80. The van der Waals surface area contributed by atoms with Crippen LogP contribution in [0.1, 0.15) is 0 Å². The second-order valence-electron chi connectivity index (χ2n) is 3.23. The van der Waals surface area contributed by atoms with Gasteiger partial charge in [-0.25, -0.2) is 0 Å². The fourth-order valence-corrected chi connectivity index (χ4v) is 2.85. The molecule has 1 heterocycles. The predicted octanol–water partition coefficient (Wildman–Crippen LogP) is 2.39. The molecule has 0 spiro atoms. The second-order valence-corrected chi connectivity index (χ2v) is 4.52. The van der Waals surface area contributed by atoms with Crippen LogP contribution >= 0.6 is 0 Å². The number of hydrogen-bond acceptors (Lipinski definition) is 0. The largest absolute Gasteiger partial charge is 0.365 e. The molecule has 0 atom stereocenters. The molecular weight excluding hydrogens is 174 g/mol. The van der Waals surface area contributed by atoms with Gasteiger partial charge in [0, 0.05) is 10.9 Å². The molecule has 2 heteroatoms. The molecule has 1 aromatic heterocycles. The summed E-state index contributed by atoms with van der Waals surface area (Å²) in [5, 5.41) is 2.67. The van der Waals surface area contributed by atoms with Gasteiger partial charge in [-0.15, -0.1) is 0 Å². The van der Waals surface area contributed by atoms with Crippen LogP contribution in [0.3, 0.4) is 0 Å². The van der Waals surface area contributed by atoms with Crippen LogP contribution in [0.15, 0.2) is 42.2 Å². The lowest BCUT2D eigenvalue weighted by molar-refractivity contribution is 1.51. The van der Waals surface area contributed by atoms with Gasteiger partial charge < -0.3 is 4.98 Å². The van der Waals surface area contributed by atoms with Crippen molar-refractivity contribution in [3.63, 3.8) is 0 Å². The monoisotopic (exact) mass is 183 g/mol. The molecule has 0 aliphatic heterocycles. The smallest absolute Gasteiger partial charge is 0.0526 e. The van der Waals surface area contributed by atoms with Crippen LogP contribution in [0.4, 0.5) is 0 Å². The Kier molecular flexibility index (Phi) is 1.37. The topological polar surface area (TPSA) is 15.8 Å². The Balaban J connectivity index is 2.65.